The number of benzene rings is 2. The van der Waals surface area contributed by atoms with Crippen molar-refractivity contribution in [2.45, 2.75) is 5.38 Å². The fraction of sp³-hybridized carbons (Fsp3) is 0.0769. The van der Waals surface area contributed by atoms with Gasteiger partial charge >= 0.3 is 0 Å². The summed E-state index contributed by atoms with van der Waals surface area (Å²) in [4.78, 5) is 0. The van der Waals surface area contributed by atoms with Crippen molar-refractivity contribution in [1.29, 1.82) is 0 Å². The summed E-state index contributed by atoms with van der Waals surface area (Å²) in [7, 11) is 0. The maximum atomic E-state index is 12.8. The Labute approximate surface area is 104 Å². The van der Waals surface area contributed by atoms with Gasteiger partial charge in [-0.15, -0.1) is 11.6 Å². The van der Waals surface area contributed by atoms with Crippen LogP contribution in [0.1, 0.15) is 16.5 Å². The molecular formula is C13H9Cl2F. The van der Waals surface area contributed by atoms with E-state index in [1.807, 2.05) is 18.2 Å². The van der Waals surface area contributed by atoms with E-state index < -0.39 is 0 Å². The summed E-state index contributed by atoms with van der Waals surface area (Å²) in [6.07, 6.45) is 0. The lowest BCUT2D eigenvalue weighted by Crippen LogP contribution is -1.93. The minimum atomic E-state index is -0.306. The van der Waals surface area contributed by atoms with Crippen molar-refractivity contribution in [1.82, 2.24) is 0 Å². The van der Waals surface area contributed by atoms with Gasteiger partial charge in [0.15, 0.2) is 0 Å². The van der Waals surface area contributed by atoms with Crippen LogP contribution >= 0.6 is 23.2 Å². The number of rotatable bonds is 2. The molecule has 0 aliphatic rings. The number of halogens is 3. The van der Waals surface area contributed by atoms with E-state index in [2.05, 4.69) is 0 Å². The minimum Gasteiger partial charge on any atom is -0.207 e. The van der Waals surface area contributed by atoms with Crippen LogP contribution in [0.5, 0.6) is 0 Å². The third-order valence-electron chi connectivity index (χ3n) is 2.30. The van der Waals surface area contributed by atoms with E-state index in [4.69, 9.17) is 23.2 Å². The van der Waals surface area contributed by atoms with Gasteiger partial charge in [-0.2, -0.15) is 0 Å². The molecule has 0 radical (unpaired) electrons. The van der Waals surface area contributed by atoms with E-state index in [0.29, 0.717) is 5.02 Å². The molecule has 0 N–H and O–H groups in total. The zero-order valence-corrected chi connectivity index (χ0v) is 9.84. The molecular weight excluding hydrogens is 246 g/mol. The Morgan fingerprint density at radius 2 is 1.62 bits per heavy atom. The van der Waals surface area contributed by atoms with E-state index in [-0.39, 0.29) is 11.2 Å². The summed E-state index contributed by atoms with van der Waals surface area (Å²) >= 11 is 12.2. The summed E-state index contributed by atoms with van der Waals surface area (Å²) in [6.45, 7) is 0. The van der Waals surface area contributed by atoms with Crippen LogP contribution in [0, 0.1) is 5.82 Å². The standard InChI is InChI=1S/C13H9Cl2F/c14-11-3-1-2-10(8-11)13(15)9-4-6-12(16)7-5-9/h1-8,13H/t13-/m1/s1. The van der Waals surface area contributed by atoms with E-state index in [9.17, 15) is 4.39 Å². The molecule has 0 amide bonds. The van der Waals surface area contributed by atoms with E-state index >= 15 is 0 Å². The molecule has 0 bridgehead atoms. The molecule has 2 aromatic carbocycles. The average molecular weight is 255 g/mol. The predicted molar refractivity (Wildman–Crippen MR) is 65.5 cm³/mol. The van der Waals surface area contributed by atoms with Crippen LogP contribution in [0.4, 0.5) is 4.39 Å². The van der Waals surface area contributed by atoms with Crippen LogP contribution in [-0.2, 0) is 0 Å². The zero-order valence-electron chi connectivity index (χ0n) is 8.33. The van der Waals surface area contributed by atoms with Gasteiger partial charge in [-0.1, -0.05) is 35.9 Å². The van der Waals surface area contributed by atoms with Gasteiger partial charge in [-0.05, 0) is 35.4 Å². The molecule has 3 heteroatoms. The van der Waals surface area contributed by atoms with Crippen LogP contribution in [0.15, 0.2) is 48.5 Å². The maximum Gasteiger partial charge on any atom is 0.123 e. The second-order valence-corrected chi connectivity index (χ2v) is 4.34. The molecule has 0 heterocycles. The van der Waals surface area contributed by atoms with Crippen molar-refractivity contribution in [2.75, 3.05) is 0 Å². The van der Waals surface area contributed by atoms with Gasteiger partial charge in [-0.3, -0.25) is 0 Å². The van der Waals surface area contributed by atoms with Crippen molar-refractivity contribution in [2.24, 2.45) is 0 Å². The summed E-state index contributed by atoms with van der Waals surface area (Å²) in [5.41, 5.74) is 1.76. The topological polar surface area (TPSA) is 0 Å². The highest BCUT2D eigenvalue weighted by molar-refractivity contribution is 6.30. The monoisotopic (exact) mass is 254 g/mol. The highest BCUT2D eigenvalue weighted by atomic mass is 35.5. The van der Waals surface area contributed by atoms with Crippen LogP contribution in [-0.4, -0.2) is 0 Å². The van der Waals surface area contributed by atoms with Gasteiger partial charge in [0, 0.05) is 5.02 Å². The Morgan fingerprint density at radius 3 is 2.25 bits per heavy atom. The molecule has 0 aliphatic carbocycles. The predicted octanol–water partition coefficient (Wildman–Crippen LogP) is 4.81. The maximum absolute atomic E-state index is 12.8. The number of hydrogen-bond donors (Lipinski definition) is 0. The van der Waals surface area contributed by atoms with E-state index in [1.165, 1.54) is 12.1 Å². The van der Waals surface area contributed by atoms with Gasteiger partial charge in [0.1, 0.15) is 5.82 Å². The summed E-state index contributed by atoms with van der Waals surface area (Å²) in [5.74, 6) is -0.265. The largest absolute Gasteiger partial charge is 0.207 e. The second-order valence-electron chi connectivity index (χ2n) is 3.47. The molecule has 2 aromatic rings. The Morgan fingerprint density at radius 1 is 0.938 bits per heavy atom. The number of alkyl halides is 1. The molecule has 0 aromatic heterocycles. The SMILES string of the molecule is Fc1ccc([C@@H](Cl)c2cccc(Cl)c2)cc1. The van der Waals surface area contributed by atoms with Gasteiger partial charge in [0.25, 0.3) is 0 Å². The lowest BCUT2D eigenvalue weighted by molar-refractivity contribution is 0.627. The molecule has 0 aliphatic heterocycles. The van der Waals surface area contributed by atoms with Crippen LogP contribution in [0.3, 0.4) is 0 Å². The molecule has 0 unspecified atom stereocenters. The Kier molecular flexibility index (Phi) is 3.47. The van der Waals surface area contributed by atoms with Crippen LogP contribution in [0.25, 0.3) is 0 Å². The smallest absolute Gasteiger partial charge is 0.123 e. The molecule has 0 spiro atoms. The first-order valence-electron chi connectivity index (χ1n) is 4.82. The van der Waals surface area contributed by atoms with E-state index in [1.54, 1.807) is 18.2 Å². The molecule has 16 heavy (non-hydrogen) atoms. The molecule has 0 saturated heterocycles. The summed E-state index contributed by atoms with van der Waals surface area (Å²) in [5, 5.41) is 0.338. The fourth-order valence-corrected chi connectivity index (χ4v) is 1.97. The average Bonchev–Trinajstić information content (AvgIpc) is 2.29. The van der Waals surface area contributed by atoms with Crippen molar-refractivity contribution < 1.29 is 4.39 Å². The Hall–Kier alpha value is -1.05. The second kappa shape index (κ2) is 4.86. The molecule has 2 rings (SSSR count). The summed E-state index contributed by atoms with van der Waals surface area (Å²) < 4.78 is 12.8. The van der Waals surface area contributed by atoms with Crippen molar-refractivity contribution in [3.05, 3.63) is 70.5 Å². The highest BCUT2D eigenvalue weighted by Gasteiger charge is 2.10. The molecule has 0 nitrogen and oxygen atoms in total. The normalized spacial score (nSPS) is 12.4. The lowest BCUT2D eigenvalue weighted by atomic mass is 10.0. The van der Waals surface area contributed by atoms with Crippen molar-refractivity contribution >= 4 is 23.2 Å². The van der Waals surface area contributed by atoms with Crippen molar-refractivity contribution in [3.63, 3.8) is 0 Å². The highest BCUT2D eigenvalue weighted by Crippen LogP contribution is 2.30. The van der Waals surface area contributed by atoms with Gasteiger partial charge in [-0.25, -0.2) is 4.39 Å². The lowest BCUT2D eigenvalue weighted by Gasteiger charge is -2.10. The molecule has 0 fully saturated rings. The first kappa shape index (κ1) is 11.4. The molecule has 1 atom stereocenters. The third-order valence-corrected chi connectivity index (χ3v) is 3.04. The molecule has 0 saturated carbocycles. The first-order chi connectivity index (χ1) is 7.66. The number of hydrogen-bond acceptors (Lipinski definition) is 0. The van der Waals surface area contributed by atoms with Crippen molar-refractivity contribution in [3.8, 4) is 0 Å². The zero-order chi connectivity index (χ0) is 11.5. The fourth-order valence-electron chi connectivity index (χ4n) is 1.49. The van der Waals surface area contributed by atoms with Gasteiger partial charge < -0.3 is 0 Å². The molecule has 82 valence electrons. The quantitative estimate of drug-likeness (QED) is 0.675. The van der Waals surface area contributed by atoms with E-state index in [0.717, 1.165) is 11.1 Å². The van der Waals surface area contributed by atoms with Gasteiger partial charge in [0.05, 0.1) is 5.38 Å². The third kappa shape index (κ3) is 2.55. The first-order valence-corrected chi connectivity index (χ1v) is 5.63. The summed E-state index contributed by atoms with van der Waals surface area (Å²) in [6, 6.07) is 13.5. The van der Waals surface area contributed by atoms with Gasteiger partial charge in [0.2, 0.25) is 0 Å². The Bertz CT molecular complexity index is 480. The van der Waals surface area contributed by atoms with Crippen LogP contribution in [0.2, 0.25) is 5.02 Å². The Balaban J connectivity index is 2.31. The van der Waals surface area contributed by atoms with Crippen LogP contribution < -0.4 is 0 Å². The minimum absolute atomic E-state index is 0.265.